The number of aryl methyl sites for hydroxylation is 2. The first-order valence-electron chi connectivity index (χ1n) is 8.06. The maximum Gasteiger partial charge on any atom is 0.0661 e. The van der Waals surface area contributed by atoms with Gasteiger partial charge in [0.25, 0.3) is 0 Å². The standard InChI is InChI=1S/C17H27NOS/c1-4-19-16-10-15(17(16)7-5-6-8-17)18-11-14-9-12(2)13(3)20-14/h9,15-16,18H,4-8,10-11H2,1-3H3. The lowest BCUT2D eigenvalue weighted by molar-refractivity contribution is -0.130. The fourth-order valence-electron chi connectivity index (χ4n) is 4.13. The van der Waals surface area contributed by atoms with E-state index in [9.17, 15) is 0 Å². The number of rotatable bonds is 5. The monoisotopic (exact) mass is 293 g/mol. The fourth-order valence-corrected chi connectivity index (χ4v) is 5.14. The van der Waals surface area contributed by atoms with Crippen molar-refractivity contribution < 1.29 is 4.74 Å². The van der Waals surface area contributed by atoms with E-state index in [1.165, 1.54) is 47.4 Å². The Hall–Kier alpha value is -0.380. The van der Waals surface area contributed by atoms with Gasteiger partial charge in [-0.25, -0.2) is 0 Å². The van der Waals surface area contributed by atoms with Crippen LogP contribution in [0.5, 0.6) is 0 Å². The predicted octanol–water partition coefficient (Wildman–Crippen LogP) is 4.19. The van der Waals surface area contributed by atoms with Crippen molar-refractivity contribution in [2.45, 2.75) is 71.6 Å². The van der Waals surface area contributed by atoms with Crippen molar-refractivity contribution in [3.8, 4) is 0 Å². The van der Waals surface area contributed by atoms with Crippen LogP contribution in [0, 0.1) is 19.3 Å². The minimum atomic E-state index is 0.456. The van der Waals surface area contributed by atoms with E-state index in [2.05, 4.69) is 32.2 Å². The lowest BCUT2D eigenvalue weighted by Crippen LogP contribution is -2.62. The molecule has 1 aromatic heterocycles. The Labute approximate surface area is 126 Å². The summed E-state index contributed by atoms with van der Waals surface area (Å²) in [6.45, 7) is 8.45. The Morgan fingerprint density at radius 1 is 1.35 bits per heavy atom. The van der Waals surface area contributed by atoms with Gasteiger partial charge in [-0.1, -0.05) is 12.8 Å². The van der Waals surface area contributed by atoms with Gasteiger partial charge in [0.2, 0.25) is 0 Å². The molecule has 2 fully saturated rings. The normalized spacial score (nSPS) is 27.9. The highest BCUT2D eigenvalue weighted by molar-refractivity contribution is 7.12. The average molecular weight is 293 g/mol. The summed E-state index contributed by atoms with van der Waals surface area (Å²) in [6.07, 6.45) is 7.21. The first kappa shape index (κ1) is 14.6. The van der Waals surface area contributed by atoms with Crippen molar-refractivity contribution in [1.29, 1.82) is 0 Å². The van der Waals surface area contributed by atoms with E-state index >= 15 is 0 Å². The lowest BCUT2D eigenvalue weighted by Gasteiger charge is -2.54. The van der Waals surface area contributed by atoms with Crippen molar-refractivity contribution in [3.63, 3.8) is 0 Å². The van der Waals surface area contributed by atoms with Crippen molar-refractivity contribution in [2.24, 2.45) is 5.41 Å². The Morgan fingerprint density at radius 3 is 2.70 bits per heavy atom. The second-order valence-corrected chi connectivity index (χ2v) is 7.85. The predicted molar refractivity (Wildman–Crippen MR) is 85.4 cm³/mol. The zero-order chi connectivity index (χ0) is 14.2. The zero-order valence-electron chi connectivity index (χ0n) is 13.0. The molecule has 3 heteroatoms. The van der Waals surface area contributed by atoms with Gasteiger partial charge < -0.3 is 10.1 Å². The van der Waals surface area contributed by atoms with Crippen LogP contribution in [0.15, 0.2) is 6.07 Å². The average Bonchev–Trinajstić information content (AvgIpc) is 3.03. The maximum atomic E-state index is 5.98. The molecule has 2 aliphatic rings. The molecule has 0 saturated heterocycles. The summed E-state index contributed by atoms with van der Waals surface area (Å²) in [5, 5.41) is 3.83. The van der Waals surface area contributed by atoms with Gasteiger partial charge in [0.15, 0.2) is 0 Å². The zero-order valence-corrected chi connectivity index (χ0v) is 13.8. The number of hydrogen-bond acceptors (Lipinski definition) is 3. The molecule has 1 N–H and O–H groups in total. The molecule has 3 rings (SSSR count). The van der Waals surface area contributed by atoms with E-state index < -0.39 is 0 Å². The van der Waals surface area contributed by atoms with Gasteiger partial charge in [-0.15, -0.1) is 11.3 Å². The Balaban J connectivity index is 1.60. The maximum absolute atomic E-state index is 5.98. The first-order chi connectivity index (χ1) is 9.65. The Morgan fingerprint density at radius 2 is 2.10 bits per heavy atom. The minimum Gasteiger partial charge on any atom is -0.378 e. The van der Waals surface area contributed by atoms with Crippen LogP contribution >= 0.6 is 11.3 Å². The second kappa shape index (κ2) is 5.78. The van der Waals surface area contributed by atoms with E-state index in [1.54, 1.807) is 0 Å². The molecule has 112 valence electrons. The molecule has 2 nitrogen and oxygen atoms in total. The third kappa shape index (κ3) is 2.44. The van der Waals surface area contributed by atoms with Gasteiger partial charge in [0.1, 0.15) is 0 Å². The molecular weight excluding hydrogens is 266 g/mol. The molecule has 1 aromatic rings. The van der Waals surface area contributed by atoms with E-state index in [-0.39, 0.29) is 0 Å². The first-order valence-corrected chi connectivity index (χ1v) is 8.88. The van der Waals surface area contributed by atoms with Crippen molar-refractivity contribution in [2.75, 3.05) is 6.61 Å². The summed E-state index contributed by atoms with van der Waals surface area (Å²) in [6, 6.07) is 3.01. The molecule has 20 heavy (non-hydrogen) atoms. The van der Waals surface area contributed by atoms with Gasteiger partial charge in [0, 0.05) is 34.4 Å². The number of ether oxygens (including phenoxy) is 1. The van der Waals surface area contributed by atoms with Crippen LogP contribution in [0.4, 0.5) is 0 Å². The van der Waals surface area contributed by atoms with Crippen molar-refractivity contribution in [1.82, 2.24) is 5.32 Å². The van der Waals surface area contributed by atoms with Gasteiger partial charge in [-0.05, 0) is 51.7 Å². The van der Waals surface area contributed by atoms with Gasteiger partial charge in [-0.2, -0.15) is 0 Å². The molecule has 0 aliphatic heterocycles. The van der Waals surface area contributed by atoms with E-state index in [0.717, 1.165) is 13.2 Å². The highest BCUT2D eigenvalue weighted by Gasteiger charge is 2.56. The quantitative estimate of drug-likeness (QED) is 0.879. The number of thiophene rings is 1. The molecule has 0 aromatic carbocycles. The molecule has 1 spiro atoms. The van der Waals surface area contributed by atoms with Crippen molar-refractivity contribution in [3.05, 3.63) is 21.4 Å². The van der Waals surface area contributed by atoms with E-state index in [0.29, 0.717) is 17.6 Å². The molecule has 2 saturated carbocycles. The summed E-state index contributed by atoms with van der Waals surface area (Å²) >= 11 is 1.94. The molecule has 2 aliphatic carbocycles. The van der Waals surface area contributed by atoms with Crippen LogP contribution in [0.1, 0.15) is 54.3 Å². The summed E-state index contributed by atoms with van der Waals surface area (Å²) in [5.74, 6) is 0. The smallest absolute Gasteiger partial charge is 0.0661 e. The fraction of sp³-hybridized carbons (Fsp3) is 0.765. The second-order valence-electron chi connectivity index (χ2n) is 6.51. The third-order valence-electron chi connectivity index (χ3n) is 5.43. The van der Waals surface area contributed by atoms with Gasteiger partial charge in [-0.3, -0.25) is 0 Å². The molecule has 0 bridgehead atoms. The van der Waals surface area contributed by atoms with Crippen LogP contribution in [0.2, 0.25) is 0 Å². The highest BCUT2D eigenvalue weighted by Crippen LogP contribution is 2.54. The molecule has 0 radical (unpaired) electrons. The largest absolute Gasteiger partial charge is 0.378 e. The van der Waals surface area contributed by atoms with Crippen LogP contribution in [0.25, 0.3) is 0 Å². The van der Waals surface area contributed by atoms with Gasteiger partial charge >= 0.3 is 0 Å². The summed E-state index contributed by atoms with van der Waals surface area (Å²) in [7, 11) is 0. The summed E-state index contributed by atoms with van der Waals surface area (Å²) < 4.78 is 5.98. The van der Waals surface area contributed by atoms with Crippen LogP contribution in [-0.4, -0.2) is 18.8 Å². The Kier molecular flexibility index (Phi) is 4.21. The van der Waals surface area contributed by atoms with Gasteiger partial charge in [0.05, 0.1) is 6.10 Å². The Bertz CT molecular complexity index is 442. The van der Waals surface area contributed by atoms with E-state index in [4.69, 9.17) is 4.74 Å². The molecule has 2 atom stereocenters. The molecule has 2 unspecified atom stereocenters. The summed E-state index contributed by atoms with van der Waals surface area (Å²) in [4.78, 5) is 2.94. The molecular formula is C17H27NOS. The van der Waals surface area contributed by atoms with Crippen LogP contribution in [0.3, 0.4) is 0 Å². The summed E-state index contributed by atoms with van der Waals surface area (Å²) in [5.41, 5.74) is 1.89. The molecule has 1 heterocycles. The number of hydrogen-bond donors (Lipinski definition) is 1. The lowest BCUT2D eigenvalue weighted by atomic mass is 9.60. The SMILES string of the molecule is CCOC1CC(NCc2cc(C)c(C)s2)C12CCCC2. The van der Waals surface area contributed by atoms with Crippen LogP contribution < -0.4 is 5.32 Å². The van der Waals surface area contributed by atoms with Crippen LogP contribution in [-0.2, 0) is 11.3 Å². The van der Waals surface area contributed by atoms with Crippen molar-refractivity contribution >= 4 is 11.3 Å². The minimum absolute atomic E-state index is 0.456. The molecule has 0 amide bonds. The van der Waals surface area contributed by atoms with E-state index in [1.807, 2.05) is 11.3 Å². The third-order valence-corrected chi connectivity index (χ3v) is 6.58. The topological polar surface area (TPSA) is 21.3 Å². The number of nitrogens with one attached hydrogen (secondary N) is 1. The highest BCUT2D eigenvalue weighted by atomic mass is 32.1.